The van der Waals surface area contributed by atoms with Crippen LogP contribution in [0.5, 0.6) is 5.75 Å². The van der Waals surface area contributed by atoms with E-state index in [2.05, 4.69) is 4.74 Å². The minimum absolute atomic E-state index is 0.0500. The summed E-state index contributed by atoms with van der Waals surface area (Å²) in [6, 6.07) is 2.67. The molecule has 1 amide bonds. The maximum absolute atomic E-state index is 13.3. The van der Waals surface area contributed by atoms with E-state index in [1.807, 2.05) is 13.8 Å². The van der Waals surface area contributed by atoms with Crippen molar-refractivity contribution in [1.29, 1.82) is 0 Å². The van der Waals surface area contributed by atoms with E-state index in [0.29, 0.717) is 43.0 Å². The summed E-state index contributed by atoms with van der Waals surface area (Å²) in [6.45, 7) is 2.80. The molecule has 218 valence electrons. The Balaban J connectivity index is 2.61. The number of anilines is 1. The number of ether oxygens (including phenoxy) is 1. The molecule has 0 aliphatic heterocycles. The third kappa shape index (κ3) is 9.29. The molecule has 0 unspecified atom stereocenters. The summed E-state index contributed by atoms with van der Waals surface area (Å²) in [4.78, 5) is 14.2. The second-order valence-electron chi connectivity index (χ2n) is 8.50. The lowest BCUT2D eigenvalue weighted by Gasteiger charge is -2.29. The third-order valence-electron chi connectivity index (χ3n) is 5.34. The Morgan fingerprint density at radius 2 is 1.36 bits per heavy atom. The predicted molar refractivity (Wildman–Crippen MR) is 125 cm³/mol. The van der Waals surface area contributed by atoms with Gasteiger partial charge in [0.15, 0.2) is 0 Å². The molecule has 0 heterocycles. The van der Waals surface area contributed by atoms with Gasteiger partial charge in [0.2, 0.25) is 0 Å². The molecule has 0 radical (unpaired) electrons. The highest BCUT2D eigenvalue weighted by Gasteiger charge is 2.37. The predicted octanol–water partition coefficient (Wildman–Crippen LogP) is 8.58. The Hall–Kier alpha value is -3.03. The molecule has 39 heavy (non-hydrogen) atoms. The van der Waals surface area contributed by atoms with Gasteiger partial charge < -0.3 is 14.7 Å². The Morgan fingerprint density at radius 3 is 1.77 bits per heavy atom. The monoisotopic (exact) mass is 594 g/mol. The quantitative estimate of drug-likeness (QED) is 0.280. The van der Waals surface area contributed by atoms with Crippen molar-refractivity contribution in [3.8, 4) is 5.75 Å². The van der Waals surface area contributed by atoms with E-state index in [1.165, 1.54) is 0 Å². The van der Waals surface area contributed by atoms with E-state index in [4.69, 9.17) is 11.6 Å². The maximum atomic E-state index is 13.3. The number of nitrogens with zero attached hydrogens (tertiary/aromatic N) is 2. The molecule has 2 aromatic rings. The van der Waals surface area contributed by atoms with Crippen molar-refractivity contribution in [1.82, 2.24) is 4.90 Å². The molecule has 0 aromatic heterocycles. The molecule has 1 N–H and O–H groups in total. The number of alkyl halides is 9. The second kappa shape index (κ2) is 12.4. The number of rotatable bonds is 10. The van der Waals surface area contributed by atoms with Crippen molar-refractivity contribution >= 4 is 23.4 Å². The van der Waals surface area contributed by atoms with Gasteiger partial charge in [-0.15, -0.1) is 13.2 Å². The summed E-state index contributed by atoms with van der Waals surface area (Å²) in [5, 5.41) is 9.30. The normalized spacial score (nSPS) is 12.4. The van der Waals surface area contributed by atoms with E-state index in [9.17, 15) is 49.4 Å². The Morgan fingerprint density at radius 1 is 0.846 bits per heavy atom. The molecule has 15 heteroatoms. The first-order chi connectivity index (χ1) is 17.9. The summed E-state index contributed by atoms with van der Waals surface area (Å²) in [5.41, 5.74) is -3.71. The van der Waals surface area contributed by atoms with Crippen LogP contribution >= 0.6 is 11.6 Å². The third-order valence-corrected chi connectivity index (χ3v) is 5.63. The van der Waals surface area contributed by atoms with Crippen molar-refractivity contribution < 1.29 is 54.2 Å². The fourth-order valence-corrected chi connectivity index (χ4v) is 4.03. The topological polar surface area (TPSA) is 53.0 Å². The number of hydrogen-bond acceptors (Lipinski definition) is 3. The van der Waals surface area contributed by atoms with Crippen LogP contribution in [0, 0.1) is 0 Å². The van der Waals surface area contributed by atoms with Gasteiger partial charge >= 0.3 is 24.8 Å². The second-order valence-corrected chi connectivity index (χ2v) is 8.91. The highest BCUT2D eigenvalue weighted by molar-refractivity contribution is 6.32. The van der Waals surface area contributed by atoms with Crippen LogP contribution in [0.4, 0.5) is 50.0 Å². The molecule has 0 atom stereocenters. The lowest BCUT2D eigenvalue weighted by Crippen LogP contribution is -2.31. The number of benzene rings is 2. The van der Waals surface area contributed by atoms with E-state index >= 15 is 0 Å². The van der Waals surface area contributed by atoms with Crippen LogP contribution in [0.25, 0.3) is 0 Å². The molecule has 5 nitrogen and oxygen atoms in total. The molecule has 0 bridgehead atoms. The summed E-state index contributed by atoms with van der Waals surface area (Å²) in [7, 11) is 0. The first-order valence-corrected chi connectivity index (χ1v) is 11.8. The van der Waals surface area contributed by atoms with Gasteiger partial charge in [0.1, 0.15) is 5.75 Å². The molecular formula is C24H24ClF9N2O3. The molecule has 0 saturated heterocycles. The molecule has 0 saturated carbocycles. The van der Waals surface area contributed by atoms with E-state index in [-0.39, 0.29) is 17.3 Å². The molecule has 2 aromatic carbocycles. The zero-order chi connectivity index (χ0) is 29.8. The molecule has 2 rings (SSSR count). The average Bonchev–Trinajstić information content (AvgIpc) is 2.78. The van der Waals surface area contributed by atoms with Crippen LogP contribution in [0.3, 0.4) is 0 Å². The largest absolute Gasteiger partial charge is 0.573 e. The zero-order valence-corrected chi connectivity index (χ0v) is 21.3. The van der Waals surface area contributed by atoms with Gasteiger partial charge in [-0.1, -0.05) is 25.4 Å². The molecule has 0 fully saturated rings. The first-order valence-electron chi connectivity index (χ1n) is 11.4. The van der Waals surface area contributed by atoms with Crippen molar-refractivity contribution in [2.45, 2.75) is 58.5 Å². The summed E-state index contributed by atoms with van der Waals surface area (Å²) < 4.78 is 122. The van der Waals surface area contributed by atoms with Gasteiger partial charge in [-0.2, -0.15) is 26.3 Å². The Bertz CT molecular complexity index is 1110. The fourth-order valence-electron chi connectivity index (χ4n) is 3.83. The summed E-state index contributed by atoms with van der Waals surface area (Å²) >= 11 is 6.01. The van der Waals surface area contributed by atoms with Crippen molar-refractivity contribution in [2.75, 3.05) is 18.0 Å². The van der Waals surface area contributed by atoms with Gasteiger partial charge in [0.05, 0.1) is 22.7 Å². The van der Waals surface area contributed by atoms with Crippen LogP contribution in [-0.4, -0.2) is 35.6 Å². The zero-order valence-electron chi connectivity index (χ0n) is 20.6. The van der Waals surface area contributed by atoms with E-state index < -0.39 is 65.4 Å². The fraction of sp³-hybridized carbons (Fsp3) is 0.458. The van der Waals surface area contributed by atoms with Gasteiger partial charge in [-0.3, -0.25) is 4.90 Å². The number of hydrogen-bond donors (Lipinski definition) is 1. The van der Waals surface area contributed by atoms with Gasteiger partial charge in [0.25, 0.3) is 0 Å². The van der Waals surface area contributed by atoms with Gasteiger partial charge in [-0.25, -0.2) is 4.79 Å². The smallest absolute Gasteiger partial charge is 0.465 e. The van der Waals surface area contributed by atoms with Crippen LogP contribution in [0.2, 0.25) is 5.02 Å². The summed E-state index contributed by atoms with van der Waals surface area (Å²) in [5.74, 6) is -0.848. The molecule has 0 spiro atoms. The lowest BCUT2D eigenvalue weighted by atomic mass is 10.0. The van der Waals surface area contributed by atoms with Crippen molar-refractivity contribution in [2.24, 2.45) is 0 Å². The van der Waals surface area contributed by atoms with Crippen LogP contribution < -0.4 is 9.64 Å². The molecular weight excluding hydrogens is 571 g/mol. The van der Waals surface area contributed by atoms with Crippen molar-refractivity contribution in [3.05, 3.63) is 57.6 Å². The van der Waals surface area contributed by atoms with Crippen molar-refractivity contribution in [3.63, 3.8) is 0 Å². The highest BCUT2D eigenvalue weighted by atomic mass is 35.5. The molecule has 0 aliphatic carbocycles. The van der Waals surface area contributed by atoms with Gasteiger partial charge in [0, 0.05) is 25.3 Å². The molecule has 0 aliphatic rings. The Labute approximate surface area is 222 Å². The van der Waals surface area contributed by atoms with Crippen LogP contribution in [-0.2, 0) is 25.4 Å². The number of carboxylic acid groups (broad SMARTS) is 1. The minimum Gasteiger partial charge on any atom is -0.465 e. The number of carbonyl (C=O) groups is 1. The van der Waals surface area contributed by atoms with Gasteiger partial charge in [-0.05, 0) is 54.3 Å². The van der Waals surface area contributed by atoms with E-state index in [1.54, 1.807) is 4.90 Å². The van der Waals surface area contributed by atoms with Crippen LogP contribution in [0.15, 0.2) is 30.3 Å². The summed E-state index contributed by atoms with van der Waals surface area (Å²) in [6.07, 6.45) is -16.0. The lowest BCUT2D eigenvalue weighted by molar-refractivity contribution is -0.274. The first kappa shape index (κ1) is 32.2. The maximum Gasteiger partial charge on any atom is 0.573 e. The Kier molecular flexibility index (Phi) is 10.3. The number of amides is 1. The number of halogens is 10. The van der Waals surface area contributed by atoms with E-state index in [0.717, 1.165) is 12.1 Å². The minimum atomic E-state index is -5.15. The standard InChI is InChI=1S/C24H24ClF9N2O3/c1-3-5-35(6-4-2)19-11-18(25)20(39-24(32,33)34)9-15(19)13-36(21(37)38)12-14-7-16(22(26,27)28)10-17(8-14)23(29,30)31/h7-11H,3-6,12-13H2,1-2H3,(H,37,38). The average molecular weight is 595 g/mol. The van der Waals surface area contributed by atoms with Crippen LogP contribution in [0.1, 0.15) is 48.9 Å². The SMILES string of the molecule is CCCN(CCC)c1cc(Cl)c(OC(F)(F)F)cc1CN(Cc1cc(C(F)(F)F)cc(C(F)(F)F)c1)C(=O)O. The highest BCUT2D eigenvalue weighted by Crippen LogP contribution is 2.39.